The van der Waals surface area contributed by atoms with Crippen molar-refractivity contribution in [3.63, 3.8) is 0 Å². The van der Waals surface area contributed by atoms with Crippen LogP contribution in [0.15, 0.2) is 36.4 Å². The fourth-order valence-corrected chi connectivity index (χ4v) is 2.86. The van der Waals surface area contributed by atoms with E-state index in [2.05, 4.69) is 6.58 Å². The van der Waals surface area contributed by atoms with Crippen molar-refractivity contribution in [2.24, 2.45) is 0 Å². The van der Waals surface area contributed by atoms with Crippen LogP contribution >= 0.6 is 0 Å². The molecule has 0 unspecified atom stereocenters. The molecule has 1 radical (unpaired) electrons. The van der Waals surface area contributed by atoms with E-state index in [4.69, 9.17) is 13.6 Å². The summed E-state index contributed by atoms with van der Waals surface area (Å²) in [5, 5.41) is 0.797. The maximum absolute atomic E-state index is 11.6. The van der Waals surface area contributed by atoms with Crippen molar-refractivity contribution >= 4 is 20.4 Å². The normalized spacial score (nSPS) is 10.5. The van der Waals surface area contributed by atoms with E-state index in [1.807, 2.05) is 32.0 Å². The molecule has 0 aliphatic carbocycles. The van der Waals surface area contributed by atoms with Gasteiger partial charge in [0.05, 0.1) is 0 Å². The number of carbonyl (C=O) groups is 1. The van der Waals surface area contributed by atoms with Gasteiger partial charge in [0.1, 0.15) is 5.75 Å². The molecule has 19 heavy (non-hydrogen) atoms. The molecule has 0 aliphatic heterocycles. The highest BCUT2D eigenvalue weighted by atomic mass is 28.3. The van der Waals surface area contributed by atoms with Gasteiger partial charge in [-0.15, -0.1) is 0 Å². The van der Waals surface area contributed by atoms with Crippen LogP contribution < -0.4 is 9.92 Å². The van der Waals surface area contributed by atoms with Gasteiger partial charge in [-0.05, 0) is 26.8 Å². The van der Waals surface area contributed by atoms with Gasteiger partial charge in [0, 0.05) is 24.0 Å². The molecule has 1 rings (SSSR count). The van der Waals surface area contributed by atoms with Crippen molar-refractivity contribution < 1.29 is 18.4 Å². The highest BCUT2D eigenvalue weighted by Crippen LogP contribution is 2.11. The minimum atomic E-state index is -1.63. The minimum Gasteiger partial charge on any atom is -0.423 e. The van der Waals surface area contributed by atoms with Gasteiger partial charge in [0.2, 0.25) is 0 Å². The first-order chi connectivity index (χ1) is 9.10. The van der Waals surface area contributed by atoms with Gasteiger partial charge in [-0.3, -0.25) is 0 Å². The third-order valence-corrected chi connectivity index (χ3v) is 4.16. The molecule has 0 saturated heterocycles. The summed E-state index contributed by atoms with van der Waals surface area (Å²) in [7, 11) is -1.63. The second-order valence-corrected chi connectivity index (χ2v) is 5.51. The predicted octanol–water partition coefficient (Wildman–Crippen LogP) is 1.94. The maximum Gasteiger partial charge on any atom is 0.427 e. The monoisotopic (exact) mass is 279 g/mol. The van der Waals surface area contributed by atoms with Gasteiger partial charge in [0.25, 0.3) is 0 Å². The zero-order valence-electron chi connectivity index (χ0n) is 11.6. The Morgan fingerprint density at radius 2 is 1.79 bits per heavy atom. The van der Waals surface area contributed by atoms with Crippen LogP contribution in [0.4, 0.5) is 0 Å². The zero-order chi connectivity index (χ0) is 14.3. The quantitative estimate of drug-likeness (QED) is 0.331. The fourth-order valence-electron chi connectivity index (χ4n) is 1.37. The summed E-state index contributed by atoms with van der Waals surface area (Å²) in [5.41, 5.74) is 0.358. The first-order valence-corrected chi connectivity index (χ1v) is 7.51. The molecule has 0 aliphatic rings. The van der Waals surface area contributed by atoms with E-state index in [0.29, 0.717) is 24.5 Å². The number of hydrogen-bond acceptors (Lipinski definition) is 4. The van der Waals surface area contributed by atoms with Gasteiger partial charge in [-0.25, -0.2) is 4.79 Å². The molecular weight excluding hydrogens is 260 g/mol. The summed E-state index contributed by atoms with van der Waals surface area (Å²) in [6, 6.07) is 7.28. The van der Waals surface area contributed by atoms with Crippen LogP contribution in [0.25, 0.3) is 0 Å². The molecule has 0 N–H and O–H groups in total. The maximum atomic E-state index is 11.6. The summed E-state index contributed by atoms with van der Waals surface area (Å²) < 4.78 is 16.5. The van der Waals surface area contributed by atoms with E-state index in [1.54, 1.807) is 13.0 Å². The molecule has 0 atom stereocenters. The van der Waals surface area contributed by atoms with Crippen LogP contribution in [-0.2, 0) is 13.6 Å². The second-order valence-electron chi connectivity index (χ2n) is 3.82. The molecule has 5 heteroatoms. The van der Waals surface area contributed by atoms with E-state index in [0.717, 1.165) is 5.19 Å². The molecule has 4 nitrogen and oxygen atoms in total. The zero-order valence-corrected chi connectivity index (χ0v) is 12.6. The Labute approximate surface area is 115 Å². The van der Waals surface area contributed by atoms with Crippen LogP contribution in [0.3, 0.4) is 0 Å². The summed E-state index contributed by atoms with van der Waals surface area (Å²) in [6.45, 7) is 10.1. The minimum absolute atomic E-state index is 0.358. The molecule has 0 spiro atoms. The van der Waals surface area contributed by atoms with Gasteiger partial charge in [-0.2, -0.15) is 0 Å². The number of esters is 1. The standard InChI is InChI=1S/C14H19O4Si/c1-5-16-19(17-6-2)13-10-8-7-9-12(13)18-14(15)11(3)4/h7-10H,3,5-6H2,1-2,4H3. The van der Waals surface area contributed by atoms with Crippen molar-refractivity contribution in [2.45, 2.75) is 20.8 Å². The van der Waals surface area contributed by atoms with E-state index in [1.165, 1.54) is 0 Å². The Morgan fingerprint density at radius 1 is 1.21 bits per heavy atom. The third-order valence-electron chi connectivity index (χ3n) is 2.21. The summed E-state index contributed by atoms with van der Waals surface area (Å²) in [6.07, 6.45) is 0. The lowest BCUT2D eigenvalue weighted by molar-refractivity contribution is -0.130. The largest absolute Gasteiger partial charge is 0.427 e. The van der Waals surface area contributed by atoms with Gasteiger partial charge in [0.15, 0.2) is 0 Å². The Morgan fingerprint density at radius 3 is 2.32 bits per heavy atom. The Hall–Kier alpha value is -1.43. The molecule has 0 saturated carbocycles. The molecular formula is C14H19O4Si. The van der Waals surface area contributed by atoms with Gasteiger partial charge >= 0.3 is 15.3 Å². The average molecular weight is 279 g/mol. The van der Waals surface area contributed by atoms with E-state index < -0.39 is 15.3 Å². The predicted molar refractivity (Wildman–Crippen MR) is 75.5 cm³/mol. The summed E-state index contributed by atoms with van der Waals surface area (Å²) in [4.78, 5) is 11.6. The van der Waals surface area contributed by atoms with Crippen LogP contribution in [0.5, 0.6) is 5.75 Å². The van der Waals surface area contributed by atoms with E-state index in [9.17, 15) is 4.79 Å². The van der Waals surface area contributed by atoms with Crippen molar-refractivity contribution in [3.05, 3.63) is 36.4 Å². The fraction of sp³-hybridized carbons (Fsp3) is 0.357. The van der Waals surface area contributed by atoms with E-state index in [-0.39, 0.29) is 0 Å². The van der Waals surface area contributed by atoms with E-state index >= 15 is 0 Å². The smallest absolute Gasteiger partial charge is 0.423 e. The molecule has 0 amide bonds. The Balaban J connectivity index is 2.98. The SMILES string of the molecule is C=C(C)C(=O)Oc1ccccc1[Si](OCC)OCC. The van der Waals surface area contributed by atoms with Crippen LogP contribution in [-0.4, -0.2) is 28.5 Å². The number of para-hydroxylation sites is 1. The summed E-state index contributed by atoms with van der Waals surface area (Å²) in [5.74, 6) is 0.0353. The Kier molecular flexibility index (Phi) is 6.48. The number of carbonyl (C=O) groups excluding carboxylic acids is 1. The average Bonchev–Trinajstić information content (AvgIpc) is 2.39. The highest BCUT2D eigenvalue weighted by Gasteiger charge is 2.23. The number of rotatable bonds is 7. The highest BCUT2D eigenvalue weighted by molar-refractivity contribution is 6.62. The first-order valence-electron chi connectivity index (χ1n) is 6.19. The Bertz CT molecular complexity index is 439. The van der Waals surface area contributed by atoms with Crippen LogP contribution in [0.1, 0.15) is 20.8 Å². The van der Waals surface area contributed by atoms with Crippen molar-refractivity contribution in [1.82, 2.24) is 0 Å². The van der Waals surface area contributed by atoms with Gasteiger partial charge < -0.3 is 13.6 Å². The first kappa shape index (κ1) is 15.6. The molecule has 0 heterocycles. The molecule has 0 fully saturated rings. The topological polar surface area (TPSA) is 44.8 Å². The molecule has 0 aromatic heterocycles. The lowest BCUT2D eigenvalue weighted by Crippen LogP contribution is -2.38. The number of hydrogen-bond donors (Lipinski definition) is 0. The van der Waals surface area contributed by atoms with Crippen molar-refractivity contribution in [2.75, 3.05) is 13.2 Å². The van der Waals surface area contributed by atoms with Gasteiger partial charge in [-0.1, -0.05) is 24.8 Å². The molecule has 1 aromatic carbocycles. The lowest BCUT2D eigenvalue weighted by atomic mass is 10.3. The summed E-state index contributed by atoms with van der Waals surface area (Å²) >= 11 is 0. The van der Waals surface area contributed by atoms with Crippen molar-refractivity contribution in [1.29, 1.82) is 0 Å². The lowest BCUT2D eigenvalue weighted by Gasteiger charge is -2.16. The number of benzene rings is 1. The molecule has 0 bridgehead atoms. The van der Waals surface area contributed by atoms with Crippen LogP contribution in [0.2, 0.25) is 0 Å². The second kappa shape index (κ2) is 7.88. The third kappa shape index (κ3) is 4.63. The number of ether oxygens (including phenoxy) is 1. The van der Waals surface area contributed by atoms with Crippen LogP contribution in [0, 0.1) is 0 Å². The van der Waals surface area contributed by atoms with Crippen molar-refractivity contribution in [3.8, 4) is 5.75 Å². The molecule has 1 aromatic rings. The molecule has 103 valence electrons.